The molecule has 23 heavy (non-hydrogen) atoms. The first-order chi connectivity index (χ1) is 11.2. The van der Waals surface area contributed by atoms with Crippen LogP contribution in [0.4, 0.5) is 5.69 Å². The molecular formula is C17H18N2O4. The van der Waals surface area contributed by atoms with Gasteiger partial charge < -0.3 is 19.8 Å². The summed E-state index contributed by atoms with van der Waals surface area (Å²) in [7, 11) is 0. The average molecular weight is 314 g/mol. The van der Waals surface area contributed by atoms with Crippen molar-refractivity contribution in [3.8, 4) is 0 Å². The SMILES string of the molecule is O=C(NCc1ccco1)c1cccc(NC(=O)C2CCCO2)c1. The molecule has 1 aromatic carbocycles. The van der Waals surface area contributed by atoms with Gasteiger partial charge >= 0.3 is 0 Å². The molecule has 3 rings (SSSR count). The molecule has 2 aromatic rings. The van der Waals surface area contributed by atoms with Crippen molar-refractivity contribution in [1.29, 1.82) is 0 Å². The normalized spacial score (nSPS) is 17.0. The first kappa shape index (κ1) is 15.3. The lowest BCUT2D eigenvalue weighted by Gasteiger charge is -2.11. The Labute approximate surface area is 133 Å². The van der Waals surface area contributed by atoms with Crippen LogP contribution in [0.3, 0.4) is 0 Å². The van der Waals surface area contributed by atoms with Crippen LogP contribution in [0.5, 0.6) is 0 Å². The second-order valence-corrected chi connectivity index (χ2v) is 5.33. The average Bonchev–Trinajstić information content (AvgIpc) is 3.26. The van der Waals surface area contributed by atoms with Crippen molar-refractivity contribution in [1.82, 2.24) is 5.32 Å². The number of nitrogens with one attached hydrogen (secondary N) is 2. The quantitative estimate of drug-likeness (QED) is 0.887. The lowest BCUT2D eigenvalue weighted by atomic mass is 10.1. The Bertz CT molecular complexity index is 676. The van der Waals surface area contributed by atoms with E-state index in [4.69, 9.17) is 9.15 Å². The largest absolute Gasteiger partial charge is 0.467 e. The van der Waals surface area contributed by atoms with E-state index < -0.39 is 6.10 Å². The molecule has 0 radical (unpaired) electrons. The first-order valence-corrected chi connectivity index (χ1v) is 7.55. The summed E-state index contributed by atoms with van der Waals surface area (Å²) in [5.74, 6) is 0.284. The zero-order valence-electron chi connectivity index (χ0n) is 12.6. The van der Waals surface area contributed by atoms with Crippen LogP contribution in [0.1, 0.15) is 29.0 Å². The molecule has 0 bridgehead atoms. The highest BCUT2D eigenvalue weighted by atomic mass is 16.5. The molecule has 1 unspecified atom stereocenters. The molecule has 6 heteroatoms. The maximum atomic E-state index is 12.1. The second kappa shape index (κ2) is 7.11. The summed E-state index contributed by atoms with van der Waals surface area (Å²) < 4.78 is 10.5. The van der Waals surface area contributed by atoms with Crippen molar-refractivity contribution in [2.24, 2.45) is 0 Å². The van der Waals surface area contributed by atoms with Gasteiger partial charge in [0.2, 0.25) is 0 Å². The molecule has 0 spiro atoms. The van der Waals surface area contributed by atoms with Crippen molar-refractivity contribution in [3.63, 3.8) is 0 Å². The molecule has 1 aliphatic heterocycles. The Morgan fingerprint density at radius 2 is 2.13 bits per heavy atom. The van der Waals surface area contributed by atoms with Crippen molar-refractivity contribution in [2.45, 2.75) is 25.5 Å². The minimum Gasteiger partial charge on any atom is -0.467 e. The van der Waals surface area contributed by atoms with E-state index in [0.29, 0.717) is 30.2 Å². The molecular weight excluding hydrogens is 296 g/mol. The summed E-state index contributed by atoms with van der Waals surface area (Å²) in [5.41, 5.74) is 1.05. The van der Waals surface area contributed by atoms with Crippen LogP contribution < -0.4 is 10.6 Å². The topological polar surface area (TPSA) is 80.6 Å². The number of benzene rings is 1. The standard InChI is InChI=1S/C17H18N2O4/c20-16(18-11-14-6-2-8-22-14)12-4-1-5-13(10-12)19-17(21)15-7-3-9-23-15/h1-2,4-6,8,10,15H,3,7,9,11H2,(H,18,20)(H,19,21). The number of furan rings is 1. The number of anilines is 1. The third kappa shape index (κ3) is 3.98. The van der Waals surface area contributed by atoms with Gasteiger partial charge in [-0.1, -0.05) is 6.07 Å². The smallest absolute Gasteiger partial charge is 0.253 e. The molecule has 1 aromatic heterocycles. The van der Waals surface area contributed by atoms with E-state index in [2.05, 4.69) is 10.6 Å². The third-order valence-electron chi connectivity index (χ3n) is 3.62. The fraction of sp³-hybridized carbons (Fsp3) is 0.294. The predicted octanol–water partition coefficient (Wildman–Crippen LogP) is 2.33. The number of ether oxygens (including phenoxy) is 1. The predicted molar refractivity (Wildman–Crippen MR) is 83.9 cm³/mol. The highest BCUT2D eigenvalue weighted by Gasteiger charge is 2.23. The van der Waals surface area contributed by atoms with Crippen LogP contribution in [-0.4, -0.2) is 24.5 Å². The van der Waals surface area contributed by atoms with Gasteiger partial charge in [-0.05, 0) is 43.2 Å². The Morgan fingerprint density at radius 3 is 2.87 bits per heavy atom. The van der Waals surface area contributed by atoms with E-state index in [9.17, 15) is 9.59 Å². The fourth-order valence-electron chi connectivity index (χ4n) is 2.43. The van der Waals surface area contributed by atoms with Crippen LogP contribution >= 0.6 is 0 Å². The Kier molecular flexibility index (Phi) is 4.73. The number of rotatable bonds is 5. The summed E-state index contributed by atoms with van der Waals surface area (Å²) in [6, 6.07) is 10.4. The molecule has 6 nitrogen and oxygen atoms in total. The minimum absolute atomic E-state index is 0.171. The van der Waals surface area contributed by atoms with Gasteiger partial charge in [-0.2, -0.15) is 0 Å². The van der Waals surface area contributed by atoms with E-state index in [1.54, 1.807) is 42.7 Å². The molecule has 2 N–H and O–H groups in total. The maximum absolute atomic E-state index is 12.1. The van der Waals surface area contributed by atoms with Crippen molar-refractivity contribution in [3.05, 3.63) is 54.0 Å². The molecule has 1 fully saturated rings. The summed E-state index contributed by atoms with van der Waals surface area (Å²) in [6.07, 6.45) is 2.79. The van der Waals surface area contributed by atoms with Gasteiger partial charge in [0.25, 0.3) is 11.8 Å². The van der Waals surface area contributed by atoms with Crippen LogP contribution in [-0.2, 0) is 16.1 Å². The number of hydrogen-bond donors (Lipinski definition) is 2. The van der Waals surface area contributed by atoms with Gasteiger partial charge in [-0.3, -0.25) is 9.59 Å². The first-order valence-electron chi connectivity index (χ1n) is 7.55. The monoisotopic (exact) mass is 314 g/mol. The molecule has 0 saturated carbocycles. The molecule has 1 saturated heterocycles. The van der Waals surface area contributed by atoms with E-state index in [1.807, 2.05) is 0 Å². The van der Waals surface area contributed by atoms with Gasteiger partial charge in [0.1, 0.15) is 11.9 Å². The molecule has 2 amide bonds. The maximum Gasteiger partial charge on any atom is 0.253 e. The van der Waals surface area contributed by atoms with Crippen LogP contribution in [0.25, 0.3) is 0 Å². The highest BCUT2D eigenvalue weighted by molar-refractivity contribution is 5.98. The summed E-state index contributed by atoms with van der Waals surface area (Å²) in [6.45, 7) is 0.936. The van der Waals surface area contributed by atoms with Gasteiger partial charge in [0.15, 0.2) is 0 Å². The number of amides is 2. The summed E-state index contributed by atoms with van der Waals surface area (Å²) in [4.78, 5) is 24.2. The third-order valence-corrected chi connectivity index (χ3v) is 3.62. The lowest BCUT2D eigenvalue weighted by molar-refractivity contribution is -0.124. The van der Waals surface area contributed by atoms with Gasteiger partial charge in [0, 0.05) is 17.9 Å². The van der Waals surface area contributed by atoms with Crippen molar-refractivity contribution in [2.75, 3.05) is 11.9 Å². The zero-order valence-corrected chi connectivity index (χ0v) is 12.6. The van der Waals surface area contributed by atoms with E-state index in [-0.39, 0.29) is 11.8 Å². The highest BCUT2D eigenvalue weighted by Crippen LogP contribution is 2.16. The molecule has 0 aliphatic carbocycles. The number of carbonyl (C=O) groups excluding carboxylic acids is 2. The minimum atomic E-state index is -0.397. The van der Waals surface area contributed by atoms with E-state index in [0.717, 1.165) is 12.8 Å². The van der Waals surface area contributed by atoms with Crippen LogP contribution in [0, 0.1) is 0 Å². The van der Waals surface area contributed by atoms with Crippen molar-refractivity contribution < 1.29 is 18.7 Å². The molecule has 120 valence electrons. The van der Waals surface area contributed by atoms with E-state index >= 15 is 0 Å². The van der Waals surface area contributed by atoms with E-state index in [1.165, 1.54) is 0 Å². The van der Waals surface area contributed by atoms with Crippen LogP contribution in [0.15, 0.2) is 47.1 Å². The van der Waals surface area contributed by atoms with Gasteiger partial charge in [0.05, 0.1) is 12.8 Å². The van der Waals surface area contributed by atoms with Gasteiger partial charge in [-0.15, -0.1) is 0 Å². The Hall–Kier alpha value is -2.60. The summed E-state index contributed by atoms with van der Waals surface area (Å²) >= 11 is 0. The van der Waals surface area contributed by atoms with Crippen LogP contribution in [0.2, 0.25) is 0 Å². The Balaban J connectivity index is 1.59. The molecule has 1 atom stereocenters. The number of hydrogen-bond acceptors (Lipinski definition) is 4. The molecule has 1 aliphatic rings. The summed E-state index contributed by atoms with van der Waals surface area (Å²) in [5, 5.41) is 5.55. The van der Waals surface area contributed by atoms with Gasteiger partial charge in [-0.25, -0.2) is 0 Å². The number of carbonyl (C=O) groups is 2. The zero-order chi connectivity index (χ0) is 16.1. The second-order valence-electron chi connectivity index (χ2n) is 5.33. The fourth-order valence-corrected chi connectivity index (χ4v) is 2.43. The lowest BCUT2D eigenvalue weighted by Crippen LogP contribution is -2.27. The van der Waals surface area contributed by atoms with Crippen molar-refractivity contribution >= 4 is 17.5 Å². The Morgan fingerprint density at radius 1 is 1.22 bits per heavy atom. The molecule has 2 heterocycles.